The molecule has 0 atom stereocenters. The van der Waals surface area contributed by atoms with E-state index in [1.54, 1.807) is 44.6 Å². The van der Waals surface area contributed by atoms with E-state index in [2.05, 4.69) is 10.0 Å². The zero-order valence-corrected chi connectivity index (χ0v) is 16.8. The van der Waals surface area contributed by atoms with Gasteiger partial charge in [0.05, 0.1) is 33.3 Å². The molecule has 2 N–H and O–H groups in total. The minimum atomic E-state index is -3.45. The number of methoxy groups -OCH3 is 3. The standard InChI is InChI=1S/C19H22N2O6S/c1-25-15-9-13(10-16(12-15)26-2)5-8-19(22)20-14-6-7-17(18(11-14)27-3)21-28(4,23)24/h5-12,21H,1-4H3,(H,20,22)/b8-5+. The zero-order chi connectivity index (χ0) is 20.7. The monoisotopic (exact) mass is 406 g/mol. The molecule has 0 heterocycles. The average molecular weight is 406 g/mol. The van der Waals surface area contributed by atoms with Gasteiger partial charge in [-0.15, -0.1) is 0 Å². The van der Waals surface area contributed by atoms with Crippen molar-refractivity contribution in [1.29, 1.82) is 0 Å². The molecular weight excluding hydrogens is 384 g/mol. The fourth-order valence-corrected chi connectivity index (χ4v) is 2.90. The summed E-state index contributed by atoms with van der Waals surface area (Å²) in [5.74, 6) is 1.13. The van der Waals surface area contributed by atoms with Crippen molar-refractivity contribution in [1.82, 2.24) is 0 Å². The number of amides is 1. The largest absolute Gasteiger partial charge is 0.497 e. The number of ether oxygens (including phenoxy) is 3. The number of nitrogens with one attached hydrogen (secondary N) is 2. The Morgan fingerprint density at radius 2 is 1.61 bits per heavy atom. The van der Waals surface area contributed by atoms with E-state index in [4.69, 9.17) is 14.2 Å². The predicted octanol–water partition coefficient (Wildman–Crippen LogP) is 2.74. The fraction of sp³-hybridized carbons (Fsp3) is 0.211. The summed E-state index contributed by atoms with van der Waals surface area (Å²) in [7, 11) is 1.05. The van der Waals surface area contributed by atoms with Crippen LogP contribution in [0.1, 0.15) is 5.56 Å². The van der Waals surface area contributed by atoms with E-state index >= 15 is 0 Å². The van der Waals surface area contributed by atoms with Crippen molar-refractivity contribution >= 4 is 33.4 Å². The molecule has 0 aliphatic carbocycles. The van der Waals surface area contributed by atoms with Gasteiger partial charge in [0.15, 0.2) is 0 Å². The van der Waals surface area contributed by atoms with Gasteiger partial charge in [-0.2, -0.15) is 0 Å². The molecule has 0 radical (unpaired) electrons. The quantitative estimate of drug-likeness (QED) is 0.654. The van der Waals surface area contributed by atoms with E-state index in [1.807, 2.05) is 0 Å². The third-order valence-electron chi connectivity index (χ3n) is 3.57. The summed E-state index contributed by atoms with van der Waals surface area (Å²) in [6.45, 7) is 0. The Bertz CT molecular complexity index is 964. The molecule has 2 aromatic rings. The third-order valence-corrected chi connectivity index (χ3v) is 4.16. The van der Waals surface area contributed by atoms with Crippen molar-refractivity contribution in [3.63, 3.8) is 0 Å². The highest BCUT2D eigenvalue weighted by atomic mass is 32.2. The first-order chi connectivity index (χ1) is 13.2. The fourth-order valence-electron chi connectivity index (χ4n) is 2.33. The Labute approximate surface area is 164 Å². The molecular formula is C19H22N2O6S. The summed E-state index contributed by atoms with van der Waals surface area (Å²) in [5, 5.41) is 2.69. The summed E-state index contributed by atoms with van der Waals surface area (Å²) in [6.07, 6.45) is 4.03. The van der Waals surface area contributed by atoms with Gasteiger partial charge in [-0.1, -0.05) is 0 Å². The molecule has 2 aromatic carbocycles. The number of hydrogen-bond acceptors (Lipinski definition) is 6. The number of anilines is 2. The van der Waals surface area contributed by atoms with Crippen LogP contribution in [0.5, 0.6) is 17.2 Å². The van der Waals surface area contributed by atoms with Crippen LogP contribution in [0.25, 0.3) is 6.08 Å². The molecule has 0 unspecified atom stereocenters. The summed E-state index contributed by atoms with van der Waals surface area (Å²) in [6, 6.07) is 9.86. The van der Waals surface area contributed by atoms with Gasteiger partial charge in [0.2, 0.25) is 15.9 Å². The molecule has 8 nitrogen and oxygen atoms in total. The maximum atomic E-state index is 12.2. The van der Waals surface area contributed by atoms with Crippen LogP contribution >= 0.6 is 0 Å². The van der Waals surface area contributed by atoms with Crippen molar-refractivity contribution in [2.75, 3.05) is 37.6 Å². The molecule has 0 bridgehead atoms. The molecule has 0 saturated carbocycles. The van der Waals surface area contributed by atoms with Crippen LogP contribution in [-0.2, 0) is 14.8 Å². The van der Waals surface area contributed by atoms with Gasteiger partial charge in [0, 0.05) is 23.9 Å². The second-order valence-corrected chi connectivity index (χ2v) is 7.51. The number of carbonyl (C=O) groups excluding carboxylic acids is 1. The maximum absolute atomic E-state index is 12.2. The second-order valence-electron chi connectivity index (χ2n) is 5.76. The highest BCUT2D eigenvalue weighted by Crippen LogP contribution is 2.28. The minimum Gasteiger partial charge on any atom is -0.497 e. The van der Waals surface area contributed by atoms with Gasteiger partial charge in [-0.05, 0) is 35.9 Å². The summed E-state index contributed by atoms with van der Waals surface area (Å²) >= 11 is 0. The van der Waals surface area contributed by atoms with E-state index in [1.165, 1.54) is 25.3 Å². The maximum Gasteiger partial charge on any atom is 0.248 e. The van der Waals surface area contributed by atoms with Crippen molar-refractivity contribution in [3.05, 3.63) is 48.0 Å². The second kappa shape index (κ2) is 9.14. The first-order valence-corrected chi connectivity index (χ1v) is 10.0. The lowest BCUT2D eigenvalue weighted by molar-refractivity contribution is -0.111. The van der Waals surface area contributed by atoms with Gasteiger partial charge >= 0.3 is 0 Å². The van der Waals surface area contributed by atoms with Crippen LogP contribution in [-0.4, -0.2) is 41.9 Å². The van der Waals surface area contributed by atoms with Crippen LogP contribution in [0.15, 0.2) is 42.5 Å². The predicted molar refractivity (Wildman–Crippen MR) is 109 cm³/mol. The van der Waals surface area contributed by atoms with Crippen molar-refractivity contribution in [2.45, 2.75) is 0 Å². The first-order valence-electron chi connectivity index (χ1n) is 8.12. The van der Waals surface area contributed by atoms with E-state index in [0.29, 0.717) is 17.2 Å². The highest BCUT2D eigenvalue weighted by Gasteiger charge is 2.10. The smallest absolute Gasteiger partial charge is 0.248 e. The molecule has 1 amide bonds. The van der Waals surface area contributed by atoms with Crippen LogP contribution in [0.3, 0.4) is 0 Å². The lowest BCUT2D eigenvalue weighted by atomic mass is 10.2. The molecule has 2 rings (SSSR count). The van der Waals surface area contributed by atoms with Gasteiger partial charge < -0.3 is 19.5 Å². The van der Waals surface area contributed by atoms with Crippen molar-refractivity contribution in [2.24, 2.45) is 0 Å². The molecule has 0 saturated heterocycles. The van der Waals surface area contributed by atoms with Gasteiger partial charge in [-0.3, -0.25) is 9.52 Å². The van der Waals surface area contributed by atoms with Crippen LogP contribution in [0, 0.1) is 0 Å². The lowest BCUT2D eigenvalue weighted by Crippen LogP contribution is -2.11. The van der Waals surface area contributed by atoms with Gasteiger partial charge in [0.1, 0.15) is 17.2 Å². The average Bonchev–Trinajstić information content (AvgIpc) is 2.66. The van der Waals surface area contributed by atoms with Crippen molar-refractivity contribution in [3.8, 4) is 17.2 Å². The molecule has 150 valence electrons. The zero-order valence-electron chi connectivity index (χ0n) is 16.0. The van der Waals surface area contributed by atoms with Crippen LogP contribution in [0.4, 0.5) is 11.4 Å². The van der Waals surface area contributed by atoms with Crippen LogP contribution < -0.4 is 24.2 Å². The Hall–Kier alpha value is -3.20. The Kier molecular flexibility index (Phi) is 6.89. The lowest BCUT2D eigenvalue weighted by Gasteiger charge is -2.11. The van der Waals surface area contributed by atoms with E-state index in [9.17, 15) is 13.2 Å². The normalized spacial score (nSPS) is 11.1. The summed E-state index contributed by atoms with van der Waals surface area (Å²) in [5.41, 5.74) is 1.47. The topological polar surface area (TPSA) is 103 Å². The Balaban J connectivity index is 2.13. The van der Waals surface area contributed by atoms with Gasteiger partial charge in [-0.25, -0.2) is 8.42 Å². The molecule has 0 aromatic heterocycles. The summed E-state index contributed by atoms with van der Waals surface area (Å²) < 4.78 is 40.7. The van der Waals surface area contributed by atoms with E-state index in [-0.39, 0.29) is 17.3 Å². The highest BCUT2D eigenvalue weighted by molar-refractivity contribution is 7.92. The number of hydrogen-bond donors (Lipinski definition) is 2. The number of carbonyl (C=O) groups is 1. The number of rotatable bonds is 8. The molecule has 0 spiro atoms. The summed E-state index contributed by atoms with van der Waals surface area (Å²) in [4.78, 5) is 12.2. The Morgan fingerprint density at radius 1 is 0.964 bits per heavy atom. The molecule has 0 fully saturated rings. The molecule has 28 heavy (non-hydrogen) atoms. The third kappa shape index (κ3) is 6.20. The van der Waals surface area contributed by atoms with Crippen LogP contribution in [0.2, 0.25) is 0 Å². The molecule has 0 aliphatic heterocycles. The van der Waals surface area contributed by atoms with Crippen molar-refractivity contribution < 1.29 is 27.4 Å². The minimum absolute atomic E-state index is 0.280. The Morgan fingerprint density at radius 3 is 2.14 bits per heavy atom. The molecule has 0 aliphatic rings. The number of benzene rings is 2. The molecule has 9 heteroatoms. The SMILES string of the molecule is COc1cc(/C=C/C(=O)Nc2ccc(NS(C)(=O)=O)c(OC)c2)cc(OC)c1. The van der Waals surface area contributed by atoms with E-state index in [0.717, 1.165) is 11.8 Å². The van der Waals surface area contributed by atoms with E-state index < -0.39 is 10.0 Å². The number of sulfonamides is 1. The first kappa shape index (κ1) is 21.1. The van der Waals surface area contributed by atoms with Gasteiger partial charge in [0.25, 0.3) is 0 Å².